The van der Waals surface area contributed by atoms with Gasteiger partial charge in [0.15, 0.2) is 0 Å². The number of unbranched alkanes of at least 4 members (excludes halogenated alkanes) is 16. The van der Waals surface area contributed by atoms with Crippen molar-refractivity contribution in [3.63, 3.8) is 0 Å². The normalized spacial score (nSPS) is 11.4. The standard InChI is InChI=1S/C25H55N3/c1-2-3-4-5-6-7-8-9-10-11-12-13-14-15-16-17-22-27-23-18-19-24-28-25-20-21-26/h27-28H,2-26H2,1H3. The van der Waals surface area contributed by atoms with Crippen molar-refractivity contribution in [3.8, 4) is 0 Å². The summed E-state index contributed by atoms with van der Waals surface area (Å²) in [4.78, 5) is 0. The molecule has 3 heteroatoms. The Balaban J connectivity index is 2.96. The van der Waals surface area contributed by atoms with Crippen LogP contribution in [0, 0.1) is 0 Å². The van der Waals surface area contributed by atoms with Crippen LogP contribution in [0.25, 0.3) is 0 Å². The lowest BCUT2D eigenvalue weighted by atomic mass is 10.0. The molecule has 0 heterocycles. The first-order chi connectivity index (χ1) is 13.9. The Kier molecular flexibility index (Phi) is 26.8. The molecule has 0 aromatic heterocycles. The van der Waals surface area contributed by atoms with Crippen molar-refractivity contribution >= 4 is 0 Å². The Bertz CT molecular complexity index is 232. The predicted molar refractivity (Wildman–Crippen MR) is 128 cm³/mol. The van der Waals surface area contributed by atoms with Gasteiger partial charge in [-0.05, 0) is 58.4 Å². The van der Waals surface area contributed by atoms with Gasteiger partial charge in [-0.25, -0.2) is 0 Å². The van der Waals surface area contributed by atoms with Crippen molar-refractivity contribution < 1.29 is 0 Å². The minimum atomic E-state index is 0.799. The lowest BCUT2D eigenvalue weighted by molar-refractivity contribution is 0.521. The molecule has 0 aliphatic carbocycles. The highest BCUT2D eigenvalue weighted by Gasteiger charge is 1.95. The van der Waals surface area contributed by atoms with Gasteiger partial charge in [0.2, 0.25) is 0 Å². The van der Waals surface area contributed by atoms with Gasteiger partial charge in [0, 0.05) is 0 Å². The molecule has 0 atom stereocenters. The van der Waals surface area contributed by atoms with E-state index in [0.29, 0.717) is 0 Å². The zero-order chi connectivity index (χ0) is 20.4. The second kappa shape index (κ2) is 26.9. The maximum Gasteiger partial charge on any atom is -0.00369 e. The highest BCUT2D eigenvalue weighted by Crippen LogP contribution is 2.13. The summed E-state index contributed by atoms with van der Waals surface area (Å²) in [7, 11) is 0. The first-order valence-corrected chi connectivity index (χ1v) is 13.0. The van der Waals surface area contributed by atoms with Gasteiger partial charge in [0.25, 0.3) is 0 Å². The van der Waals surface area contributed by atoms with Crippen LogP contribution >= 0.6 is 0 Å². The van der Waals surface area contributed by atoms with Crippen LogP contribution < -0.4 is 16.4 Å². The average Bonchev–Trinajstić information content (AvgIpc) is 2.71. The van der Waals surface area contributed by atoms with Gasteiger partial charge in [-0.1, -0.05) is 103 Å². The maximum absolute atomic E-state index is 5.47. The van der Waals surface area contributed by atoms with Gasteiger partial charge in [-0.3, -0.25) is 0 Å². The van der Waals surface area contributed by atoms with Crippen LogP contribution in [0.2, 0.25) is 0 Å². The smallest absolute Gasteiger partial charge is 0.00369 e. The maximum atomic E-state index is 5.47. The molecule has 3 nitrogen and oxygen atoms in total. The Morgan fingerprint density at radius 2 is 0.679 bits per heavy atom. The number of nitrogens with one attached hydrogen (secondary N) is 2. The summed E-state index contributed by atoms with van der Waals surface area (Å²) in [6.07, 6.45) is 26.8. The third-order valence-corrected chi connectivity index (χ3v) is 5.72. The number of hydrogen-bond donors (Lipinski definition) is 3. The molecule has 0 aliphatic heterocycles. The SMILES string of the molecule is CCCCCCCCCCCCCCCCCCNCCCCNCCCN. The minimum Gasteiger partial charge on any atom is -0.330 e. The molecule has 170 valence electrons. The molecule has 4 N–H and O–H groups in total. The second-order valence-corrected chi connectivity index (χ2v) is 8.65. The summed E-state index contributed by atoms with van der Waals surface area (Å²) < 4.78 is 0. The Morgan fingerprint density at radius 3 is 1.04 bits per heavy atom. The van der Waals surface area contributed by atoms with Gasteiger partial charge in [-0.15, -0.1) is 0 Å². The molecule has 0 aromatic carbocycles. The van der Waals surface area contributed by atoms with Crippen LogP contribution in [-0.4, -0.2) is 32.7 Å². The molecule has 28 heavy (non-hydrogen) atoms. The summed E-state index contributed by atoms with van der Waals surface area (Å²) in [6, 6.07) is 0. The third kappa shape index (κ3) is 25.9. The molecule has 0 unspecified atom stereocenters. The summed E-state index contributed by atoms with van der Waals surface area (Å²) in [5, 5.41) is 7.03. The molecule has 0 amide bonds. The quantitative estimate of drug-likeness (QED) is 0.153. The van der Waals surface area contributed by atoms with E-state index in [-0.39, 0.29) is 0 Å². The third-order valence-electron chi connectivity index (χ3n) is 5.72. The molecule has 0 saturated carbocycles. The van der Waals surface area contributed by atoms with Crippen molar-refractivity contribution in [2.75, 3.05) is 32.7 Å². The number of hydrogen-bond acceptors (Lipinski definition) is 3. The Hall–Kier alpha value is -0.120. The van der Waals surface area contributed by atoms with Crippen LogP contribution in [0.4, 0.5) is 0 Å². The van der Waals surface area contributed by atoms with E-state index < -0.39 is 0 Å². The molecule has 0 rings (SSSR count). The lowest BCUT2D eigenvalue weighted by Crippen LogP contribution is -2.21. The monoisotopic (exact) mass is 397 g/mol. The summed E-state index contributed by atoms with van der Waals surface area (Å²) in [6.45, 7) is 7.69. The fourth-order valence-corrected chi connectivity index (χ4v) is 3.78. The van der Waals surface area contributed by atoms with E-state index in [4.69, 9.17) is 5.73 Å². The first-order valence-electron chi connectivity index (χ1n) is 13.0. The number of nitrogens with two attached hydrogens (primary N) is 1. The van der Waals surface area contributed by atoms with E-state index in [1.165, 1.54) is 129 Å². The van der Waals surface area contributed by atoms with Gasteiger partial charge >= 0.3 is 0 Å². The van der Waals surface area contributed by atoms with E-state index in [2.05, 4.69) is 17.6 Å². The zero-order valence-electron chi connectivity index (χ0n) is 19.5. The van der Waals surface area contributed by atoms with E-state index >= 15 is 0 Å². The molecule has 0 aromatic rings. The fraction of sp³-hybridized carbons (Fsp3) is 1.00. The van der Waals surface area contributed by atoms with Gasteiger partial charge in [-0.2, -0.15) is 0 Å². The summed E-state index contributed by atoms with van der Waals surface area (Å²) in [5.41, 5.74) is 5.47. The topological polar surface area (TPSA) is 50.1 Å². The van der Waals surface area contributed by atoms with Gasteiger partial charge in [0.05, 0.1) is 0 Å². The van der Waals surface area contributed by atoms with Crippen LogP contribution in [0.1, 0.15) is 129 Å². The fourth-order valence-electron chi connectivity index (χ4n) is 3.78. The summed E-state index contributed by atoms with van der Waals surface area (Å²) >= 11 is 0. The highest BCUT2D eigenvalue weighted by molar-refractivity contribution is 4.54. The van der Waals surface area contributed by atoms with Crippen LogP contribution in [0.5, 0.6) is 0 Å². The van der Waals surface area contributed by atoms with Crippen molar-refractivity contribution in [2.45, 2.75) is 129 Å². The Morgan fingerprint density at radius 1 is 0.393 bits per heavy atom. The van der Waals surface area contributed by atoms with Crippen LogP contribution in [-0.2, 0) is 0 Å². The van der Waals surface area contributed by atoms with Gasteiger partial charge in [0.1, 0.15) is 0 Å². The van der Waals surface area contributed by atoms with Gasteiger partial charge < -0.3 is 16.4 Å². The van der Waals surface area contributed by atoms with E-state index in [0.717, 1.165) is 26.1 Å². The second-order valence-electron chi connectivity index (χ2n) is 8.65. The van der Waals surface area contributed by atoms with Crippen molar-refractivity contribution in [1.29, 1.82) is 0 Å². The predicted octanol–water partition coefficient (Wildman–Crippen LogP) is 6.56. The minimum absolute atomic E-state index is 0.799. The van der Waals surface area contributed by atoms with E-state index in [9.17, 15) is 0 Å². The molecular weight excluding hydrogens is 342 g/mol. The van der Waals surface area contributed by atoms with Crippen molar-refractivity contribution in [1.82, 2.24) is 10.6 Å². The molecular formula is C25H55N3. The van der Waals surface area contributed by atoms with E-state index in [1.807, 2.05) is 0 Å². The zero-order valence-corrected chi connectivity index (χ0v) is 19.5. The molecule has 0 spiro atoms. The molecule has 0 bridgehead atoms. The average molecular weight is 398 g/mol. The summed E-state index contributed by atoms with van der Waals surface area (Å²) in [5.74, 6) is 0. The van der Waals surface area contributed by atoms with E-state index in [1.54, 1.807) is 0 Å². The highest BCUT2D eigenvalue weighted by atomic mass is 14.9. The lowest BCUT2D eigenvalue weighted by Gasteiger charge is -2.06. The molecule has 0 radical (unpaired) electrons. The largest absolute Gasteiger partial charge is 0.330 e. The Labute approximate surface area is 178 Å². The molecule has 0 fully saturated rings. The van der Waals surface area contributed by atoms with Crippen LogP contribution in [0.15, 0.2) is 0 Å². The van der Waals surface area contributed by atoms with Crippen molar-refractivity contribution in [2.24, 2.45) is 5.73 Å². The number of rotatable bonds is 25. The van der Waals surface area contributed by atoms with Crippen LogP contribution in [0.3, 0.4) is 0 Å². The van der Waals surface area contributed by atoms with Crippen molar-refractivity contribution in [3.05, 3.63) is 0 Å². The first kappa shape index (κ1) is 27.9. The molecule has 0 aliphatic rings. The molecule has 0 saturated heterocycles.